The molecule has 2 amide bonds. The Morgan fingerprint density at radius 1 is 1.12 bits per heavy atom. The summed E-state index contributed by atoms with van der Waals surface area (Å²) in [7, 11) is 0. The number of amides is 2. The molecule has 3 N–H and O–H groups in total. The van der Waals surface area contributed by atoms with E-state index in [0.29, 0.717) is 0 Å². The van der Waals surface area contributed by atoms with Crippen molar-refractivity contribution in [1.29, 1.82) is 0 Å². The standard InChI is InChI=1S/C19H34N2O5/c1-18(2,3)26-17(25)20-14-10-13(22)11-21(12-15(14)23)16(24)19(4)8-6-5-7-9-19/h13-15,22-23H,5-12H2,1-4H3,(H,20,25)/t13-,14-,15-/m1/s1. The van der Waals surface area contributed by atoms with Crippen LogP contribution in [0.25, 0.3) is 0 Å². The van der Waals surface area contributed by atoms with Gasteiger partial charge in [-0.3, -0.25) is 4.79 Å². The highest BCUT2D eigenvalue weighted by atomic mass is 16.6. The zero-order valence-electron chi connectivity index (χ0n) is 16.5. The lowest BCUT2D eigenvalue weighted by Gasteiger charge is -2.37. The maximum absolute atomic E-state index is 13.0. The van der Waals surface area contributed by atoms with Crippen molar-refractivity contribution in [3.8, 4) is 0 Å². The number of likely N-dealkylation sites (tertiary alicyclic amines) is 1. The number of aliphatic hydroxyl groups is 2. The van der Waals surface area contributed by atoms with E-state index >= 15 is 0 Å². The van der Waals surface area contributed by atoms with Crippen molar-refractivity contribution in [3.05, 3.63) is 0 Å². The van der Waals surface area contributed by atoms with E-state index in [1.807, 2.05) is 6.92 Å². The Labute approximate surface area is 156 Å². The predicted molar refractivity (Wildman–Crippen MR) is 97.6 cm³/mol. The van der Waals surface area contributed by atoms with Crippen LogP contribution in [-0.4, -0.2) is 64.1 Å². The van der Waals surface area contributed by atoms with E-state index in [1.165, 1.54) is 0 Å². The minimum absolute atomic E-state index is 0.00628. The molecule has 0 radical (unpaired) electrons. The van der Waals surface area contributed by atoms with Crippen LogP contribution in [0.5, 0.6) is 0 Å². The minimum Gasteiger partial charge on any atom is -0.444 e. The van der Waals surface area contributed by atoms with Gasteiger partial charge >= 0.3 is 6.09 Å². The summed E-state index contributed by atoms with van der Waals surface area (Å²) in [6.45, 7) is 7.54. The number of ether oxygens (including phenoxy) is 1. The summed E-state index contributed by atoms with van der Waals surface area (Å²) >= 11 is 0. The van der Waals surface area contributed by atoms with E-state index in [2.05, 4.69) is 5.32 Å². The fourth-order valence-corrected chi connectivity index (χ4v) is 3.91. The Kier molecular flexibility index (Phi) is 6.55. The van der Waals surface area contributed by atoms with Gasteiger partial charge in [-0.15, -0.1) is 0 Å². The molecule has 7 nitrogen and oxygen atoms in total. The van der Waals surface area contributed by atoms with Crippen molar-refractivity contribution in [2.45, 2.75) is 90.1 Å². The molecule has 1 aliphatic heterocycles. The van der Waals surface area contributed by atoms with Crippen LogP contribution >= 0.6 is 0 Å². The molecule has 0 bridgehead atoms. The van der Waals surface area contributed by atoms with E-state index < -0.39 is 35.4 Å². The number of alkyl carbamates (subject to hydrolysis) is 1. The first-order valence-corrected chi connectivity index (χ1v) is 9.65. The topological polar surface area (TPSA) is 99.1 Å². The summed E-state index contributed by atoms with van der Waals surface area (Å²) in [6.07, 6.45) is 2.69. The molecule has 150 valence electrons. The number of β-amino-alcohol motifs (C(OH)–C–C–N with tert-alkyl or cyclic N) is 2. The highest BCUT2D eigenvalue weighted by molar-refractivity contribution is 5.82. The number of nitrogens with one attached hydrogen (secondary N) is 1. The van der Waals surface area contributed by atoms with E-state index in [1.54, 1.807) is 25.7 Å². The van der Waals surface area contributed by atoms with Crippen molar-refractivity contribution in [1.82, 2.24) is 10.2 Å². The molecular weight excluding hydrogens is 336 g/mol. The van der Waals surface area contributed by atoms with Gasteiger partial charge in [0.25, 0.3) is 0 Å². The summed E-state index contributed by atoms with van der Waals surface area (Å²) in [5.41, 5.74) is -1.06. The van der Waals surface area contributed by atoms with E-state index in [9.17, 15) is 19.8 Å². The predicted octanol–water partition coefficient (Wildman–Crippen LogP) is 1.80. The second-order valence-electron chi connectivity index (χ2n) is 9.04. The average molecular weight is 370 g/mol. The Morgan fingerprint density at radius 3 is 2.31 bits per heavy atom. The Bertz CT molecular complexity index is 511. The van der Waals surface area contributed by atoms with Crippen LogP contribution in [0.4, 0.5) is 4.79 Å². The van der Waals surface area contributed by atoms with Crippen molar-refractivity contribution < 1.29 is 24.5 Å². The summed E-state index contributed by atoms with van der Waals surface area (Å²) < 4.78 is 5.23. The first kappa shape index (κ1) is 21.0. The lowest BCUT2D eigenvalue weighted by Crippen LogP contribution is -2.50. The summed E-state index contributed by atoms with van der Waals surface area (Å²) in [5.74, 6) is -0.00628. The van der Waals surface area contributed by atoms with Crippen LogP contribution in [0.3, 0.4) is 0 Å². The van der Waals surface area contributed by atoms with E-state index in [-0.39, 0.29) is 25.4 Å². The molecule has 2 fully saturated rings. The third-order valence-electron chi connectivity index (χ3n) is 5.29. The molecule has 0 aromatic rings. The smallest absolute Gasteiger partial charge is 0.407 e. The molecule has 1 saturated heterocycles. The lowest BCUT2D eigenvalue weighted by molar-refractivity contribution is -0.145. The van der Waals surface area contributed by atoms with E-state index in [0.717, 1.165) is 32.1 Å². The summed E-state index contributed by atoms with van der Waals surface area (Å²) in [6, 6.07) is -0.656. The molecule has 1 saturated carbocycles. The normalized spacial score (nSPS) is 29.6. The first-order chi connectivity index (χ1) is 12.0. The lowest BCUT2D eigenvalue weighted by atomic mass is 9.74. The number of hydrogen-bond acceptors (Lipinski definition) is 5. The van der Waals surface area contributed by atoms with Crippen molar-refractivity contribution in [2.24, 2.45) is 5.41 Å². The van der Waals surface area contributed by atoms with Crippen LogP contribution in [0.15, 0.2) is 0 Å². The molecule has 2 aliphatic rings. The van der Waals surface area contributed by atoms with Crippen LogP contribution in [0.1, 0.15) is 66.2 Å². The Balaban J connectivity index is 2.02. The molecule has 0 aromatic carbocycles. The van der Waals surface area contributed by atoms with Crippen LogP contribution in [-0.2, 0) is 9.53 Å². The maximum Gasteiger partial charge on any atom is 0.407 e. The molecule has 2 rings (SSSR count). The molecule has 26 heavy (non-hydrogen) atoms. The van der Waals surface area contributed by atoms with Crippen molar-refractivity contribution in [2.75, 3.05) is 13.1 Å². The maximum atomic E-state index is 13.0. The number of aliphatic hydroxyl groups excluding tert-OH is 2. The molecule has 1 aliphatic carbocycles. The quantitative estimate of drug-likeness (QED) is 0.688. The molecule has 0 spiro atoms. The monoisotopic (exact) mass is 370 g/mol. The highest BCUT2D eigenvalue weighted by Crippen LogP contribution is 2.37. The molecular formula is C19H34N2O5. The fourth-order valence-electron chi connectivity index (χ4n) is 3.91. The average Bonchev–Trinajstić information content (AvgIpc) is 2.64. The van der Waals surface area contributed by atoms with Gasteiger partial charge in [-0.1, -0.05) is 26.2 Å². The fraction of sp³-hybridized carbons (Fsp3) is 0.895. The first-order valence-electron chi connectivity index (χ1n) is 9.65. The number of hydrogen-bond donors (Lipinski definition) is 3. The van der Waals surface area contributed by atoms with Gasteiger partial charge in [0.15, 0.2) is 0 Å². The third-order valence-corrected chi connectivity index (χ3v) is 5.29. The number of rotatable bonds is 2. The SMILES string of the molecule is CC(C)(C)OC(=O)N[C@@H]1C[C@@H](O)CN(C(=O)C2(C)CCCCC2)C[C@H]1O. The van der Waals surface area contributed by atoms with E-state index in [4.69, 9.17) is 4.74 Å². The number of carbonyl (C=O) groups is 2. The zero-order chi connectivity index (χ0) is 19.5. The molecule has 1 heterocycles. The van der Waals surface area contributed by atoms with Gasteiger partial charge in [0.1, 0.15) is 5.60 Å². The van der Waals surface area contributed by atoms with Crippen molar-refractivity contribution >= 4 is 12.0 Å². The van der Waals surface area contributed by atoms with Gasteiger partial charge in [0.05, 0.1) is 18.2 Å². The summed E-state index contributed by atoms with van der Waals surface area (Å²) in [5, 5.41) is 23.5. The van der Waals surface area contributed by atoms with Gasteiger partial charge < -0.3 is 25.2 Å². The molecule has 7 heteroatoms. The van der Waals surface area contributed by atoms with Gasteiger partial charge in [-0.2, -0.15) is 0 Å². The van der Waals surface area contributed by atoms with Gasteiger partial charge in [0.2, 0.25) is 5.91 Å². The van der Waals surface area contributed by atoms with Crippen molar-refractivity contribution in [3.63, 3.8) is 0 Å². The van der Waals surface area contributed by atoms with Crippen LogP contribution in [0, 0.1) is 5.41 Å². The highest BCUT2D eigenvalue weighted by Gasteiger charge is 2.41. The number of nitrogens with zero attached hydrogens (tertiary/aromatic N) is 1. The minimum atomic E-state index is -0.948. The van der Waals surface area contributed by atoms with Crippen LogP contribution < -0.4 is 5.32 Å². The number of carbonyl (C=O) groups excluding carboxylic acids is 2. The molecule has 0 unspecified atom stereocenters. The Morgan fingerprint density at radius 2 is 1.73 bits per heavy atom. The second kappa shape index (κ2) is 8.13. The van der Waals surface area contributed by atoms with Crippen LogP contribution in [0.2, 0.25) is 0 Å². The molecule has 3 atom stereocenters. The second-order valence-corrected chi connectivity index (χ2v) is 9.04. The Hall–Kier alpha value is -1.34. The molecule has 0 aromatic heterocycles. The van der Waals surface area contributed by atoms with Gasteiger partial charge in [-0.05, 0) is 40.0 Å². The van der Waals surface area contributed by atoms with Gasteiger partial charge in [0, 0.05) is 18.5 Å². The summed E-state index contributed by atoms with van der Waals surface area (Å²) in [4.78, 5) is 26.6. The zero-order valence-corrected chi connectivity index (χ0v) is 16.5. The largest absolute Gasteiger partial charge is 0.444 e. The van der Waals surface area contributed by atoms with Gasteiger partial charge in [-0.25, -0.2) is 4.79 Å². The third kappa shape index (κ3) is 5.58.